The molecular formula is C18H16BrClN2. The van der Waals surface area contributed by atoms with Gasteiger partial charge in [-0.15, -0.1) is 0 Å². The molecule has 0 aliphatic carbocycles. The number of rotatable bonds is 2. The number of halogens is 2. The van der Waals surface area contributed by atoms with Gasteiger partial charge in [-0.25, -0.2) is 4.57 Å². The topological polar surface area (TPSA) is 8.81 Å². The predicted octanol–water partition coefficient (Wildman–Crippen LogP) is 1.04. The van der Waals surface area contributed by atoms with E-state index in [2.05, 4.69) is 57.8 Å². The van der Waals surface area contributed by atoms with Crippen molar-refractivity contribution in [1.29, 1.82) is 0 Å². The largest absolute Gasteiger partial charge is 1.00 e. The standard InChI is InChI=1S/C18H16ClN2.BrH/c19-15-10-8-14(9-11-15)17-13-20-12-4-7-18(20)21(17)16-5-2-1-3-6-16;/h1-3,5-6,8-11,13H,4,7,12H2;1H/q+1;/p-1. The lowest BCUT2D eigenvalue weighted by Crippen LogP contribution is -3.00. The second-order valence-electron chi connectivity index (χ2n) is 5.41. The van der Waals surface area contributed by atoms with E-state index in [4.69, 9.17) is 11.6 Å². The van der Waals surface area contributed by atoms with Crippen LogP contribution in [0.3, 0.4) is 0 Å². The van der Waals surface area contributed by atoms with Crippen molar-refractivity contribution in [3.05, 3.63) is 71.6 Å². The van der Waals surface area contributed by atoms with Gasteiger partial charge in [-0.1, -0.05) is 29.8 Å². The molecule has 112 valence electrons. The lowest BCUT2D eigenvalue weighted by atomic mass is 10.1. The highest BCUT2D eigenvalue weighted by molar-refractivity contribution is 6.30. The highest BCUT2D eigenvalue weighted by atomic mass is 79.9. The molecule has 0 spiro atoms. The SMILES string of the molecule is Clc1ccc(-c2c[n+]3c(n2-c2ccccc2)CCC3)cc1.[Br-]. The molecule has 4 heteroatoms. The molecular weight excluding hydrogens is 360 g/mol. The molecule has 0 saturated heterocycles. The maximum atomic E-state index is 6.02. The first-order valence-electron chi connectivity index (χ1n) is 7.28. The van der Waals surface area contributed by atoms with E-state index >= 15 is 0 Å². The zero-order valence-electron chi connectivity index (χ0n) is 12.0. The summed E-state index contributed by atoms with van der Waals surface area (Å²) in [5, 5.41) is 0.775. The van der Waals surface area contributed by atoms with Gasteiger partial charge in [0, 0.05) is 10.6 Å². The first-order chi connectivity index (χ1) is 10.3. The van der Waals surface area contributed by atoms with Crippen LogP contribution in [0.5, 0.6) is 0 Å². The number of para-hydroxylation sites is 1. The summed E-state index contributed by atoms with van der Waals surface area (Å²) < 4.78 is 4.74. The number of fused-ring (bicyclic) bond motifs is 1. The van der Waals surface area contributed by atoms with Gasteiger partial charge in [0.15, 0.2) is 5.69 Å². The Morgan fingerprint density at radius 2 is 1.68 bits per heavy atom. The number of benzene rings is 2. The fraction of sp³-hybridized carbons (Fsp3) is 0.167. The molecule has 0 bridgehead atoms. The van der Waals surface area contributed by atoms with E-state index in [-0.39, 0.29) is 17.0 Å². The van der Waals surface area contributed by atoms with Crippen molar-refractivity contribution in [2.75, 3.05) is 0 Å². The van der Waals surface area contributed by atoms with Crippen LogP contribution in [0.2, 0.25) is 5.02 Å². The Labute approximate surface area is 145 Å². The fourth-order valence-electron chi connectivity index (χ4n) is 3.09. The second-order valence-corrected chi connectivity index (χ2v) is 5.84. The third-order valence-corrected chi connectivity index (χ3v) is 4.31. The van der Waals surface area contributed by atoms with Gasteiger partial charge in [0.1, 0.15) is 11.9 Å². The molecule has 4 rings (SSSR count). The van der Waals surface area contributed by atoms with Crippen LogP contribution in [0.1, 0.15) is 12.2 Å². The second kappa shape index (κ2) is 6.27. The number of aromatic nitrogens is 2. The third-order valence-electron chi connectivity index (χ3n) is 4.06. The van der Waals surface area contributed by atoms with E-state index in [1.165, 1.54) is 29.2 Å². The van der Waals surface area contributed by atoms with Crippen molar-refractivity contribution >= 4 is 11.6 Å². The quantitative estimate of drug-likeness (QED) is 0.592. The molecule has 2 nitrogen and oxygen atoms in total. The number of aryl methyl sites for hydroxylation is 1. The number of hydrogen-bond acceptors (Lipinski definition) is 0. The van der Waals surface area contributed by atoms with Gasteiger partial charge < -0.3 is 17.0 Å². The summed E-state index contributed by atoms with van der Waals surface area (Å²) in [6, 6.07) is 18.7. The molecule has 22 heavy (non-hydrogen) atoms. The molecule has 0 unspecified atom stereocenters. The van der Waals surface area contributed by atoms with Crippen molar-refractivity contribution < 1.29 is 21.5 Å². The van der Waals surface area contributed by atoms with Gasteiger partial charge in [-0.2, -0.15) is 4.57 Å². The molecule has 2 aromatic carbocycles. The first kappa shape index (κ1) is 15.3. The Morgan fingerprint density at radius 1 is 0.955 bits per heavy atom. The van der Waals surface area contributed by atoms with E-state index in [1.807, 2.05) is 12.1 Å². The van der Waals surface area contributed by atoms with E-state index < -0.39 is 0 Å². The minimum absolute atomic E-state index is 0. The van der Waals surface area contributed by atoms with Crippen molar-refractivity contribution in [3.8, 4) is 16.9 Å². The number of nitrogens with zero attached hydrogens (tertiary/aromatic N) is 2. The van der Waals surface area contributed by atoms with Gasteiger partial charge >= 0.3 is 0 Å². The molecule has 3 aromatic rings. The lowest BCUT2D eigenvalue weighted by Gasteiger charge is -2.04. The normalized spacial score (nSPS) is 12.8. The summed E-state index contributed by atoms with van der Waals surface area (Å²) in [5.74, 6) is 1.38. The van der Waals surface area contributed by atoms with Gasteiger partial charge in [0.05, 0.1) is 13.0 Å². The smallest absolute Gasteiger partial charge is 0.262 e. The van der Waals surface area contributed by atoms with Crippen LogP contribution in [0.15, 0.2) is 60.8 Å². The Hall–Kier alpha value is -1.58. The Balaban J connectivity index is 0.00000144. The van der Waals surface area contributed by atoms with E-state index in [9.17, 15) is 0 Å². The van der Waals surface area contributed by atoms with E-state index in [0.717, 1.165) is 18.0 Å². The van der Waals surface area contributed by atoms with Crippen molar-refractivity contribution in [2.24, 2.45) is 0 Å². The van der Waals surface area contributed by atoms with Crippen LogP contribution >= 0.6 is 11.6 Å². The summed E-state index contributed by atoms with van der Waals surface area (Å²) in [6.45, 7) is 1.11. The molecule has 2 heterocycles. The van der Waals surface area contributed by atoms with Gasteiger partial charge in [-0.05, 0) is 42.8 Å². The zero-order chi connectivity index (χ0) is 14.2. The zero-order valence-corrected chi connectivity index (χ0v) is 14.4. The molecule has 1 aliphatic rings. The molecule has 0 N–H and O–H groups in total. The average molecular weight is 376 g/mol. The van der Waals surface area contributed by atoms with Crippen LogP contribution < -0.4 is 21.5 Å². The highest BCUT2D eigenvalue weighted by Crippen LogP contribution is 2.27. The average Bonchev–Trinajstić information content (AvgIpc) is 3.09. The van der Waals surface area contributed by atoms with Crippen LogP contribution in [0.4, 0.5) is 0 Å². The van der Waals surface area contributed by atoms with Gasteiger partial charge in [0.2, 0.25) is 0 Å². The van der Waals surface area contributed by atoms with Crippen LogP contribution in [0, 0.1) is 0 Å². The van der Waals surface area contributed by atoms with E-state index in [0.29, 0.717) is 0 Å². The number of imidazole rings is 1. The summed E-state index contributed by atoms with van der Waals surface area (Å²) in [4.78, 5) is 0. The maximum Gasteiger partial charge on any atom is 0.262 e. The number of hydrogen-bond donors (Lipinski definition) is 0. The molecule has 0 saturated carbocycles. The van der Waals surface area contributed by atoms with Crippen molar-refractivity contribution in [3.63, 3.8) is 0 Å². The minimum atomic E-state index is 0. The highest BCUT2D eigenvalue weighted by Gasteiger charge is 2.29. The molecule has 0 amide bonds. The molecule has 1 aromatic heterocycles. The fourth-order valence-corrected chi connectivity index (χ4v) is 3.22. The summed E-state index contributed by atoms with van der Waals surface area (Å²) in [7, 11) is 0. The maximum absolute atomic E-state index is 6.02. The Morgan fingerprint density at radius 3 is 2.41 bits per heavy atom. The molecule has 1 aliphatic heterocycles. The molecule has 0 atom stereocenters. The van der Waals surface area contributed by atoms with Gasteiger partial charge in [-0.3, -0.25) is 0 Å². The van der Waals surface area contributed by atoms with Crippen LogP contribution in [-0.4, -0.2) is 4.57 Å². The molecule has 0 radical (unpaired) electrons. The predicted molar refractivity (Wildman–Crippen MR) is 84.7 cm³/mol. The third kappa shape index (κ3) is 2.59. The summed E-state index contributed by atoms with van der Waals surface area (Å²) >= 11 is 6.02. The van der Waals surface area contributed by atoms with Crippen LogP contribution in [0.25, 0.3) is 16.9 Å². The summed E-state index contributed by atoms with van der Waals surface area (Å²) in [5.41, 5.74) is 3.65. The minimum Gasteiger partial charge on any atom is -1.00 e. The monoisotopic (exact) mass is 374 g/mol. The first-order valence-corrected chi connectivity index (χ1v) is 7.66. The van der Waals surface area contributed by atoms with Crippen molar-refractivity contribution in [1.82, 2.24) is 4.57 Å². The summed E-state index contributed by atoms with van der Waals surface area (Å²) in [6.07, 6.45) is 4.62. The van der Waals surface area contributed by atoms with Crippen LogP contribution in [-0.2, 0) is 13.0 Å². The Bertz CT molecular complexity index is 779. The molecule has 0 fully saturated rings. The van der Waals surface area contributed by atoms with E-state index in [1.54, 1.807) is 0 Å². The lowest BCUT2D eigenvalue weighted by molar-refractivity contribution is -0.689. The Kier molecular flexibility index (Phi) is 4.37. The van der Waals surface area contributed by atoms with Crippen molar-refractivity contribution in [2.45, 2.75) is 19.4 Å². The van der Waals surface area contributed by atoms with Gasteiger partial charge in [0.25, 0.3) is 5.82 Å².